The fourth-order valence-corrected chi connectivity index (χ4v) is 1.89. The predicted octanol–water partition coefficient (Wildman–Crippen LogP) is 4.87. The molecule has 0 aliphatic carbocycles. The summed E-state index contributed by atoms with van der Waals surface area (Å²) in [4.78, 5) is 21.8. The fraction of sp³-hybridized carbons (Fsp3) is 0.333. The molecule has 4 nitrogen and oxygen atoms in total. The fourth-order valence-electron chi connectivity index (χ4n) is 1.89. The van der Waals surface area contributed by atoms with Crippen LogP contribution in [0.15, 0.2) is 48.5 Å². The van der Waals surface area contributed by atoms with E-state index < -0.39 is 0 Å². The van der Waals surface area contributed by atoms with Crippen molar-refractivity contribution in [1.29, 1.82) is 0 Å². The smallest absolute Gasteiger partial charge is 0.311 e. The first-order valence-electron chi connectivity index (χ1n) is 8.28. The third-order valence-corrected chi connectivity index (χ3v) is 3.11. The Labute approximate surface area is 149 Å². The van der Waals surface area contributed by atoms with Crippen molar-refractivity contribution < 1.29 is 19.1 Å². The van der Waals surface area contributed by atoms with Crippen molar-refractivity contribution >= 4 is 11.9 Å². The van der Waals surface area contributed by atoms with E-state index in [0.29, 0.717) is 23.8 Å². The van der Waals surface area contributed by atoms with Gasteiger partial charge in [0.05, 0.1) is 0 Å². The Hall–Kier alpha value is -2.62. The second-order valence-corrected chi connectivity index (χ2v) is 6.29. The molecule has 4 heteroatoms. The Balaban J connectivity index is 0.000000257. The van der Waals surface area contributed by atoms with E-state index in [1.807, 2.05) is 64.1 Å². The molecule has 25 heavy (non-hydrogen) atoms. The van der Waals surface area contributed by atoms with Crippen molar-refractivity contribution in [2.45, 2.75) is 41.0 Å². The Kier molecular flexibility index (Phi) is 8.40. The highest BCUT2D eigenvalue weighted by molar-refractivity contribution is 5.72. The summed E-state index contributed by atoms with van der Waals surface area (Å²) in [6, 6.07) is 14.8. The van der Waals surface area contributed by atoms with E-state index in [2.05, 4.69) is 0 Å². The van der Waals surface area contributed by atoms with Crippen molar-refractivity contribution in [2.75, 3.05) is 0 Å². The largest absolute Gasteiger partial charge is 0.427 e. The number of rotatable bonds is 4. The molecule has 2 aromatic rings. The molecule has 0 saturated heterocycles. The number of carbonyl (C=O) groups excluding carboxylic acids is 2. The maximum absolute atomic E-state index is 11.3. The number of hydrogen-bond acceptors (Lipinski definition) is 4. The summed E-state index contributed by atoms with van der Waals surface area (Å²) >= 11 is 0. The summed E-state index contributed by atoms with van der Waals surface area (Å²) in [5.41, 5.74) is 2.31. The van der Waals surface area contributed by atoms with Crippen LogP contribution in [-0.4, -0.2) is 11.9 Å². The van der Waals surface area contributed by atoms with Gasteiger partial charge >= 0.3 is 11.9 Å². The Morgan fingerprint density at radius 2 is 1.20 bits per heavy atom. The predicted molar refractivity (Wildman–Crippen MR) is 98.8 cm³/mol. The summed E-state index contributed by atoms with van der Waals surface area (Å²) in [6.45, 7) is 9.37. The molecule has 0 atom stereocenters. The summed E-state index contributed by atoms with van der Waals surface area (Å²) in [6.07, 6.45) is 0.466. The van der Waals surface area contributed by atoms with Gasteiger partial charge in [-0.05, 0) is 44.0 Å². The Morgan fingerprint density at radius 1 is 0.800 bits per heavy atom. The van der Waals surface area contributed by atoms with Gasteiger partial charge in [-0.1, -0.05) is 49.2 Å². The van der Waals surface area contributed by atoms with Crippen LogP contribution in [0.1, 0.15) is 38.3 Å². The lowest BCUT2D eigenvalue weighted by atomic mass is 10.1. The third-order valence-electron chi connectivity index (χ3n) is 3.11. The van der Waals surface area contributed by atoms with Crippen molar-refractivity contribution in [1.82, 2.24) is 0 Å². The van der Waals surface area contributed by atoms with Gasteiger partial charge in [-0.2, -0.15) is 0 Å². The number of esters is 2. The molecule has 0 N–H and O–H groups in total. The molecule has 0 bridgehead atoms. The van der Waals surface area contributed by atoms with Crippen molar-refractivity contribution in [3.63, 3.8) is 0 Å². The molecule has 134 valence electrons. The maximum Gasteiger partial charge on any atom is 0.311 e. The van der Waals surface area contributed by atoms with Gasteiger partial charge in [0.15, 0.2) is 0 Å². The highest BCUT2D eigenvalue weighted by Crippen LogP contribution is 2.13. The van der Waals surface area contributed by atoms with Crippen LogP contribution in [0.5, 0.6) is 11.5 Å². The second-order valence-electron chi connectivity index (χ2n) is 6.29. The van der Waals surface area contributed by atoms with Crippen LogP contribution in [-0.2, 0) is 9.59 Å². The topological polar surface area (TPSA) is 52.6 Å². The van der Waals surface area contributed by atoms with Crippen molar-refractivity contribution in [3.8, 4) is 11.5 Å². The monoisotopic (exact) mass is 342 g/mol. The normalized spacial score (nSPS) is 9.84. The van der Waals surface area contributed by atoms with Crippen LogP contribution in [0.4, 0.5) is 0 Å². The van der Waals surface area contributed by atoms with Crippen LogP contribution in [0.2, 0.25) is 0 Å². The van der Waals surface area contributed by atoms with Crippen LogP contribution in [0.3, 0.4) is 0 Å². The van der Waals surface area contributed by atoms with E-state index in [1.54, 1.807) is 12.1 Å². The highest BCUT2D eigenvalue weighted by atomic mass is 16.5. The lowest BCUT2D eigenvalue weighted by molar-refractivity contribution is -0.135. The average molecular weight is 342 g/mol. The molecule has 0 spiro atoms. The second kappa shape index (κ2) is 10.3. The molecule has 0 aliphatic heterocycles. The molecule has 0 aromatic heterocycles. The first-order chi connectivity index (χ1) is 11.8. The van der Waals surface area contributed by atoms with Crippen LogP contribution in [0.25, 0.3) is 0 Å². The summed E-state index contributed by atoms with van der Waals surface area (Å²) in [5.74, 6) is 1.12. The highest BCUT2D eigenvalue weighted by Gasteiger charge is 2.06. The van der Waals surface area contributed by atoms with Gasteiger partial charge in [0.1, 0.15) is 11.5 Å². The zero-order chi connectivity index (χ0) is 18.8. The van der Waals surface area contributed by atoms with Gasteiger partial charge in [0.2, 0.25) is 0 Å². The zero-order valence-corrected chi connectivity index (χ0v) is 15.5. The summed E-state index contributed by atoms with van der Waals surface area (Å²) in [7, 11) is 0. The molecule has 0 radical (unpaired) electrons. The standard InChI is InChI=1S/C12H16O2.C9H10O2/c1-9(2)8-12(13)14-11-6-4-10(3)5-7-11;1-7-3-5-9(6-4-7)11-8(2)10/h4-7,9H,8H2,1-3H3;3-6H,1-2H3. The Morgan fingerprint density at radius 3 is 1.56 bits per heavy atom. The van der Waals surface area contributed by atoms with E-state index >= 15 is 0 Å². The molecule has 0 fully saturated rings. The van der Waals surface area contributed by atoms with Gasteiger partial charge in [0, 0.05) is 13.3 Å². The number of hydrogen-bond donors (Lipinski definition) is 0. The number of aryl methyl sites for hydroxylation is 2. The SMILES string of the molecule is CC(=O)Oc1ccc(C)cc1.Cc1ccc(OC(=O)CC(C)C)cc1. The van der Waals surface area contributed by atoms with Gasteiger partial charge in [-0.3, -0.25) is 9.59 Å². The van der Waals surface area contributed by atoms with Gasteiger partial charge < -0.3 is 9.47 Å². The summed E-state index contributed by atoms with van der Waals surface area (Å²) in [5, 5.41) is 0. The molecule has 2 rings (SSSR count). The molecule has 0 unspecified atom stereocenters. The first-order valence-corrected chi connectivity index (χ1v) is 8.28. The quantitative estimate of drug-likeness (QED) is 0.588. The molecule has 0 saturated carbocycles. The van der Waals surface area contributed by atoms with E-state index in [-0.39, 0.29) is 11.9 Å². The molecule has 0 heterocycles. The van der Waals surface area contributed by atoms with Gasteiger partial charge in [-0.15, -0.1) is 0 Å². The van der Waals surface area contributed by atoms with Crippen molar-refractivity contribution in [2.24, 2.45) is 5.92 Å². The van der Waals surface area contributed by atoms with E-state index in [4.69, 9.17) is 9.47 Å². The number of benzene rings is 2. The van der Waals surface area contributed by atoms with E-state index in [0.717, 1.165) is 11.1 Å². The van der Waals surface area contributed by atoms with E-state index in [1.165, 1.54) is 6.92 Å². The molecule has 0 amide bonds. The van der Waals surface area contributed by atoms with Crippen LogP contribution in [0, 0.1) is 19.8 Å². The lowest BCUT2D eigenvalue weighted by Gasteiger charge is -2.05. The molecule has 0 aliphatic rings. The van der Waals surface area contributed by atoms with E-state index in [9.17, 15) is 9.59 Å². The minimum absolute atomic E-state index is 0.163. The average Bonchev–Trinajstić information content (AvgIpc) is 2.51. The van der Waals surface area contributed by atoms with Gasteiger partial charge in [0.25, 0.3) is 0 Å². The number of ether oxygens (including phenoxy) is 2. The van der Waals surface area contributed by atoms with Gasteiger partial charge in [-0.25, -0.2) is 0 Å². The van der Waals surface area contributed by atoms with Crippen LogP contribution >= 0.6 is 0 Å². The summed E-state index contributed by atoms with van der Waals surface area (Å²) < 4.78 is 9.97. The third kappa shape index (κ3) is 9.30. The maximum atomic E-state index is 11.3. The minimum atomic E-state index is -0.283. The molecular weight excluding hydrogens is 316 g/mol. The molecule has 2 aromatic carbocycles. The zero-order valence-electron chi connectivity index (χ0n) is 15.5. The molecular formula is C21H26O4. The van der Waals surface area contributed by atoms with Crippen molar-refractivity contribution in [3.05, 3.63) is 59.7 Å². The Bertz CT molecular complexity index is 670. The number of carbonyl (C=O) groups is 2. The lowest BCUT2D eigenvalue weighted by Crippen LogP contribution is -2.10. The first kappa shape index (κ1) is 20.4. The minimum Gasteiger partial charge on any atom is -0.427 e. The van der Waals surface area contributed by atoms with Crippen LogP contribution < -0.4 is 9.47 Å².